The topological polar surface area (TPSA) is 44.5 Å². The third kappa shape index (κ3) is 3.36. The average Bonchev–Trinajstić information content (AvgIpc) is 2.35. The summed E-state index contributed by atoms with van der Waals surface area (Å²) in [6.07, 6.45) is 4.49. The molecule has 1 aliphatic heterocycles. The van der Waals surface area contributed by atoms with Crippen molar-refractivity contribution in [2.24, 2.45) is 5.73 Å². The molecule has 0 radical (unpaired) electrons. The second kappa shape index (κ2) is 6.26. The number of nitrogens with two attached hydrogens (primary N) is 1. The highest BCUT2D eigenvalue weighted by Gasteiger charge is 2.14. The molecule has 1 aromatic rings. The first-order valence-electron chi connectivity index (χ1n) is 6.09. The summed E-state index contributed by atoms with van der Waals surface area (Å²) in [7, 11) is 0. The summed E-state index contributed by atoms with van der Waals surface area (Å²) >= 11 is 3.58. The van der Waals surface area contributed by atoms with Crippen LogP contribution in [0.5, 0.6) is 11.5 Å². The number of halogens is 1. The van der Waals surface area contributed by atoms with Crippen LogP contribution in [-0.2, 0) is 6.42 Å². The van der Waals surface area contributed by atoms with Crippen LogP contribution < -0.4 is 15.2 Å². The SMILES string of the molecule is NCCCCCc1cc2c(cc1Br)OCCO2. The number of benzene rings is 1. The van der Waals surface area contributed by atoms with Crippen LogP contribution in [0.25, 0.3) is 0 Å². The Morgan fingerprint density at radius 3 is 2.47 bits per heavy atom. The van der Waals surface area contributed by atoms with E-state index in [9.17, 15) is 0 Å². The summed E-state index contributed by atoms with van der Waals surface area (Å²) in [4.78, 5) is 0. The van der Waals surface area contributed by atoms with E-state index in [-0.39, 0.29) is 0 Å². The van der Waals surface area contributed by atoms with Crippen LogP contribution in [-0.4, -0.2) is 19.8 Å². The van der Waals surface area contributed by atoms with Gasteiger partial charge < -0.3 is 15.2 Å². The van der Waals surface area contributed by atoms with Gasteiger partial charge in [0.15, 0.2) is 11.5 Å². The van der Waals surface area contributed by atoms with Gasteiger partial charge in [-0.05, 0) is 43.5 Å². The molecule has 1 aromatic carbocycles. The third-order valence-electron chi connectivity index (χ3n) is 2.86. The number of rotatable bonds is 5. The Bertz CT molecular complexity index is 382. The van der Waals surface area contributed by atoms with Gasteiger partial charge in [0, 0.05) is 4.47 Å². The minimum atomic E-state index is 0.634. The Labute approximate surface area is 110 Å². The summed E-state index contributed by atoms with van der Waals surface area (Å²) in [6.45, 7) is 2.05. The minimum absolute atomic E-state index is 0.634. The van der Waals surface area contributed by atoms with Crippen molar-refractivity contribution in [3.63, 3.8) is 0 Å². The summed E-state index contributed by atoms with van der Waals surface area (Å²) < 4.78 is 12.2. The van der Waals surface area contributed by atoms with Crippen molar-refractivity contribution < 1.29 is 9.47 Å². The molecule has 2 N–H and O–H groups in total. The summed E-state index contributed by atoms with van der Waals surface area (Å²) in [5.74, 6) is 1.71. The number of unbranched alkanes of at least 4 members (excludes halogenated alkanes) is 2. The smallest absolute Gasteiger partial charge is 0.162 e. The van der Waals surface area contributed by atoms with E-state index in [1.54, 1.807) is 0 Å². The molecule has 0 unspecified atom stereocenters. The quantitative estimate of drug-likeness (QED) is 0.850. The van der Waals surface area contributed by atoms with E-state index in [0.717, 1.165) is 41.8 Å². The number of fused-ring (bicyclic) bond motifs is 1. The zero-order chi connectivity index (χ0) is 12.1. The lowest BCUT2D eigenvalue weighted by atomic mass is 10.1. The molecule has 0 aromatic heterocycles. The Hall–Kier alpha value is -0.740. The first kappa shape index (κ1) is 12.7. The van der Waals surface area contributed by atoms with Crippen molar-refractivity contribution in [3.05, 3.63) is 22.2 Å². The van der Waals surface area contributed by atoms with Gasteiger partial charge in [0.25, 0.3) is 0 Å². The Kier molecular flexibility index (Phi) is 4.68. The molecule has 0 spiro atoms. The molecule has 2 rings (SSSR count). The minimum Gasteiger partial charge on any atom is -0.486 e. The maximum Gasteiger partial charge on any atom is 0.162 e. The molecule has 0 amide bonds. The van der Waals surface area contributed by atoms with Crippen molar-refractivity contribution in [1.29, 1.82) is 0 Å². The van der Waals surface area contributed by atoms with E-state index in [1.165, 1.54) is 12.0 Å². The normalized spacial score (nSPS) is 13.8. The van der Waals surface area contributed by atoms with Gasteiger partial charge in [0.2, 0.25) is 0 Å². The molecular formula is C13H18BrNO2. The van der Waals surface area contributed by atoms with Gasteiger partial charge in [-0.25, -0.2) is 0 Å². The number of hydrogen-bond donors (Lipinski definition) is 1. The average molecular weight is 300 g/mol. The standard InChI is InChI=1S/C13H18BrNO2/c14-11-9-13-12(16-6-7-17-13)8-10(11)4-2-1-3-5-15/h8-9H,1-7,15H2. The van der Waals surface area contributed by atoms with Crippen molar-refractivity contribution in [2.75, 3.05) is 19.8 Å². The fourth-order valence-electron chi connectivity index (χ4n) is 1.93. The lowest BCUT2D eigenvalue weighted by molar-refractivity contribution is 0.171. The van der Waals surface area contributed by atoms with Crippen LogP contribution >= 0.6 is 15.9 Å². The number of hydrogen-bond acceptors (Lipinski definition) is 3. The lowest BCUT2D eigenvalue weighted by Crippen LogP contribution is -2.15. The molecule has 1 heterocycles. The van der Waals surface area contributed by atoms with Crippen molar-refractivity contribution >= 4 is 15.9 Å². The largest absolute Gasteiger partial charge is 0.486 e. The second-order valence-electron chi connectivity index (χ2n) is 4.19. The van der Waals surface area contributed by atoms with Crippen LogP contribution in [0, 0.1) is 0 Å². The lowest BCUT2D eigenvalue weighted by Gasteiger charge is -2.20. The van der Waals surface area contributed by atoms with E-state index < -0.39 is 0 Å². The zero-order valence-electron chi connectivity index (χ0n) is 9.88. The van der Waals surface area contributed by atoms with Gasteiger partial charge in [0.1, 0.15) is 13.2 Å². The maximum absolute atomic E-state index is 5.58. The van der Waals surface area contributed by atoms with Gasteiger partial charge in [0.05, 0.1) is 0 Å². The first-order valence-corrected chi connectivity index (χ1v) is 6.88. The molecular weight excluding hydrogens is 282 g/mol. The fraction of sp³-hybridized carbons (Fsp3) is 0.538. The molecule has 0 bridgehead atoms. The van der Waals surface area contributed by atoms with E-state index >= 15 is 0 Å². The van der Waals surface area contributed by atoms with Gasteiger partial charge in [-0.1, -0.05) is 22.4 Å². The van der Waals surface area contributed by atoms with E-state index in [1.807, 2.05) is 6.07 Å². The van der Waals surface area contributed by atoms with E-state index in [2.05, 4.69) is 22.0 Å². The molecule has 94 valence electrons. The highest BCUT2D eigenvalue weighted by atomic mass is 79.9. The molecule has 0 saturated carbocycles. The molecule has 1 aliphatic rings. The first-order chi connectivity index (χ1) is 8.31. The summed E-state index contributed by atoms with van der Waals surface area (Å²) in [5.41, 5.74) is 6.77. The van der Waals surface area contributed by atoms with E-state index in [0.29, 0.717) is 13.2 Å². The Balaban J connectivity index is 2.01. The number of aryl methyl sites for hydroxylation is 1. The summed E-state index contributed by atoms with van der Waals surface area (Å²) in [6, 6.07) is 4.09. The zero-order valence-corrected chi connectivity index (χ0v) is 11.5. The second-order valence-corrected chi connectivity index (χ2v) is 5.04. The molecule has 4 heteroatoms. The molecule has 3 nitrogen and oxygen atoms in total. The van der Waals surface area contributed by atoms with Crippen molar-refractivity contribution in [1.82, 2.24) is 0 Å². The van der Waals surface area contributed by atoms with Gasteiger partial charge >= 0.3 is 0 Å². The van der Waals surface area contributed by atoms with Crippen LogP contribution in [0.15, 0.2) is 16.6 Å². The Morgan fingerprint density at radius 1 is 1.06 bits per heavy atom. The van der Waals surface area contributed by atoms with Crippen molar-refractivity contribution in [3.8, 4) is 11.5 Å². The van der Waals surface area contributed by atoms with Gasteiger partial charge in [-0.15, -0.1) is 0 Å². The third-order valence-corrected chi connectivity index (χ3v) is 3.60. The maximum atomic E-state index is 5.58. The predicted octanol–water partition coefficient (Wildman–Crippen LogP) is 2.89. The van der Waals surface area contributed by atoms with Crippen LogP contribution in [0.4, 0.5) is 0 Å². The van der Waals surface area contributed by atoms with E-state index in [4.69, 9.17) is 15.2 Å². The van der Waals surface area contributed by atoms with Crippen LogP contribution in [0.1, 0.15) is 24.8 Å². The highest BCUT2D eigenvalue weighted by molar-refractivity contribution is 9.10. The van der Waals surface area contributed by atoms with Crippen molar-refractivity contribution in [2.45, 2.75) is 25.7 Å². The predicted molar refractivity (Wildman–Crippen MR) is 71.7 cm³/mol. The van der Waals surface area contributed by atoms with Crippen LogP contribution in [0.2, 0.25) is 0 Å². The fourth-order valence-corrected chi connectivity index (χ4v) is 2.45. The molecule has 0 aliphatic carbocycles. The van der Waals surface area contributed by atoms with Crippen LogP contribution in [0.3, 0.4) is 0 Å². The molecule has 0 atom stereocenters. The Morgan fingerprint density at radius 2 is 1.76 bits per heavy atom. The molecule has 0 fully saturated rings. The monoisotopic (exact) mass is 299 g/mol. The highest BCUT2D eigenvalue weighted by Crippen LogP contribution is 2.36. The molecule has 17 heavy (non-hydrogen) atoms. The number of ether oxygens (including phenoxy) is 2. The van der Waals surface area contributed by atoms with Gasteiger partial charge in [-0.3, -0.25) is 0 Å². The van der Waals surface area contributed by atoms with Gasteiger partial charge in [-0.2, -0.15) is 0 Å². The molecule has 0 saturated heterocycles. The summed E-state index contributed by atoms with van der Waals surface area (Å²) in [5, 5.41) is 0.